The summed E-state index contributed by atoms with van der Waals surface area (Å²) in [5.41, 5.74) is 3.97. The Morgan fingerprint density at radius 3 is 2.41 bits per heavy atom. The van der Waals surface area contributed by atoms with Crippen molar-refractivity contribution in [3.05, 3.63) is 58.7 Å². The highest BCUT2D eigenvalue weighted by molar-refractivity contribution is 6.47. The standard InChI is InChI=1S/C33H44BNO6/c1-23(2)19-26(34-40-15-6-3-7-16-41-34)22-30(36)29(20-24-13-14-31-32(21-24)39-18-17-38-31)35-33(37)28-12-8-10-25-9-4-5-11-27(25)28/h8,10,12-14,21,23,26,29H,3-7,9,11,15-20,22H2,1-2H3,(H,35,37)/t26-,29+/m1/s1. The number of fused-ring (bicyclic) bond motifs is 2. The normalized spacial score (nSPS) is 18.6. The predicted molar refractivity (Wildman–Crippen MR) is 160 cm³/mol. The molecule has 0 unspecified atom stereocenters. The second kappa shape index (κ2) is 14.4. The molecule has 8 heteroatoms. The molecule has 41 heavy (non-hydrogen) atoms. The van der Waals surface area contributed by atoms with Gasteiger partial charge in [-0.15, -0.1) is 0 Å². The largest absolute Gasteiger partial charge is 0.486 e. The molecule has 2 aromatic carbocycles. The van der Waals surface area contributed by atoms with Crippen molar-refractivity contribution in [2.24, 2.45) is 5.92 Å². The highest BCUT2D eigenvalue weighted by Crippen LogP contribution is 2.33. The minimum absolute atomic E-state index is 0.00190. The van der Waals surface area contributed by atoms with Crippen LogP contribution in [0.15, 0.2) is 36.4 Å². The van der Waals surface area contributed by atoms with E-state index in [0.717, 1.165) is 62.5 Å². The number of ketones is 1. The summed E-state index contributed by atoms with van der Waals surface area (Å²) in [6.45, 7) is 6.62. The first-order valence-corrected chi connectivity index (χ1v) is 15.5. The van der Waals surface area contributed by atoms with E-state index in [1.165, 1.54) is 5.56 Å². The zero-order valence-corrected chi connectivity index (χ0v) is 24.6. The van der Waals surface area contributed by atoms with Crippen molar-refractivity contribution < 1.29 is 28.4 Å². The van der Waals surface area contributed by atoms with Crippen molar-refractivity contribution in [2.45, 2.75) is 89.9 Å². The third-order valence-corrected chi connectivity index (χ3v) is 8.36. The van der Waals surface area contributed by atoms with Crippen molar-refractivity contribution >= 4 is 18.8 Å². The Hall–Kier alpha value is -2.84. The van der Waals surface area contributed by atoms with Crippen LogP contribution in [-0.2, 0) is 33.4 Å². The Morgan fingerprint density at radius 1 is 0.878 bits per heavy atom. The number of carbonyl (C=O) groups is 2. The molecule has 1 aliphatic carbocycles. The number of hydrogen-bond acceptors (Lipinski definition) is 6. The van der Waals surface area contributed by atoms with E-state index in [1.54, 1.807) is 0 Å². The van der Waals surface area contributed by atoms with Crippen LogP contribution in [0.4, 0.5) is 0 Å². The van der Waals surface area contributed by atoms with Crippen molar-refractivity contribution in [2.75, 3.05) is 26.4 Å². The lowest BCUT2D eigenvalue weighted by Crippen LogP contribution is -2.44. The molecule has 7 nitrogen and oxygen atoms in total. The zero-order valence-electron chi connectivity index (χ0n) is 24.6. The van der Waals surface area contributed by atoms with E-state index in [-0.39, 0.29) is 23.9 Å². The van der Waals surface area contributed by atoms with Gasteiger partial charge in [-0.1, -0.05) is 32.0 Å². The second-order valence-corrected chi connectivity index (χ2v) is 12.1. The van der Waals surface area contributed by atoms with Crippen LogP contribution in [-0.4, -0.2) is 51.3 Å². The summed E-state index contributed by atoms with van der Waals surface area (Å²) in [7, 11) is -0.409. The van der Waals surface area contributed by atoms with Crippen LogP contribution >= 0.6 is 0 Å². The van der Waals surface area contributed by atoms with E-state index in [1.807, 2.05) is 30.3 Å². The average Bonchev–Trinajstić information content (AvgIpc) is 2.95. The summed E-state index contributed by atoms with van der Waals surface area (Å²) in [6.07, 6.45) is 8.68. The molecule has 0 spiro atoms. The SMILES string of the molecule is CC(C)C[C@H](CC(=O)[C@H](Cc1ccc2c(c1)OCCO2)NC(=O)c1cccc2c1CCCC2)B1OCCCCCO1. The van der Waals surface area contributed by atoms with E-state index in [0.29, 0.717) is 55.8 Å². The fourth-order valence-electron chi connectivity index (χ4n) is 6.32. The van der Waals surface area contributed by atoms with Gasteiger partial charge < -0.3 is 24.1 Å². The smallest absolute Gasteiger partial charge is 0.460 e. The third kappa shape index (κ3) is 7.92. The highest BCUT2D eigenvalue weighted by atomic mass is 16.6. The molecule has 2 aliphatic heterocycles. The first kappa shape index (κ1) is 29.7. The van der Waals surface area contributed by atoms with Crippen LogP contribution in [0, 0.1) is 5.92 Å². The number of benzene rings is 2. The summed E-state index contributed by atoms with van der Waals surface area (Å²) < 4.78 is 23.7. The second-order valence-electron chi connectivity index (χ2n) is 12.1. The fourth-order valence-corrected chi connectivity index (χ4v) is 6.32. The van der Waals surface area contributed by atoms with Gasteiger partial charge in [0.1, 0.15) is 13.2 Å². The number of rotatable bonds is 10. The number of aryl methyl sites for hydroxylation is 1. The van der Waals surface area contributed by atoms with Crippen LogP contribution < -0.4 is 14.8 Å². The van der Waals surface area contributed by atoms with E-state index < -0.39 is 13.2 Å². The number of carbonyl (C=O) groups excluding carboxylic acids is 2. The first-order chi connectivity index (χ1) is 20.0. The summed E-state index contributed by atoms with van der Waals surface area (Å²) >= 11 is 0. The number of Topliss-reactive ketones (excluding diaryl/α,β-unsaturated/α-hetero) is 1. The van der Waals surface area contributed by atoms with Crippen LogP contribution in [0.1, 0.15) is 85.8 Å². The summed E-state index contributed by atoms with van der Waals surface area (Å²) in [4.78, 5) is 27.8. The Labute approximate surface area is 244 Å². The minimum Gasteiger partial charge on any atom is -0.486 e. The van der Waals surface area contributed by atoms with Crippen LogP contribution in [0.2, 0.25) is 5.82 Å². The molecule has 2 aromatic rings. The molecule has 2 heterocycles. The molecule has 1 N–H and O–H groups in total. The van der Waals surface area contributed by atoms with E-state index >= 15 is 0 Å². The predicted octanol–water partition coefficient (Wildman–Crippen LogP) is 5.76. The molecule has 0 saturated carbocycles. The van der Waals surface area contributed by atoms with Gasteiger partial charge in [0.05, 0.1) is 6.04 Å². The van der Waals surface area contributed by atoms with Gasteiger partial charge in [-0.3, -0.25) is 9.59 Å². The molecule has 0 bridgehead atoms. The molecular formula is C33H44BNO6. The van der Waals surface area contributed by atoms with E-state index in [4.69, 9.17) is 18.8 Å². The topological polar surface area (TPSA) is 83.1 Å². The van der Waals surface area contributed by atoms with E-state index in [2.05, 4.69) is 25.2 Å². The maximum atomic E-state index is 14.1. The third-order valence-electron chi connectivity index (χ3n) is 8.36. The van der Waals surface area contributed by atoms with Crippen molar-refractivity contribution in [3.8, 4) is 11.5 Å². The van der Waals surface area contributed by atoms with Crippen molar-refractivity contribution in [1.29, 1.82) is 0 Å². The number of hydrogen-bond donors (Lipinski definition) is 1. The quantitative estimate of drug-likeness (QED) is 0.372. The van der Waals surface area contributed by atoms with Crippen LogP contribution in [0.25, 0.3) is 0 Å². The fraction of sp³-hybridized carbons (Fsp3) is 0.576. The molecule has 1 amide bonds. The number of nitrogens with one attached hydrogen (secondary N) is 1. The molecule has 0 aromatic heterocycles. The Balaban J connectivity index is 1.38. The van der Waals surface area contributed by atoms with Crippen LogP contribution in [0.3, 0.4) is 0 Å². The Kier molecular flexibility index (Phi) is 10.4. The molecule has 2 atom stereocenters. The Morgan fingerprint density at radius 2 is 1.63 bits per heavy atom. The van der Waals surface area contributed by atoms with Crippen LogP contribution in [0.5, 0.6) is 11.5 Å². The first-order valence-electron chi connectivity index (χ1n) is 15.5. The van der Waals surface area contributed by atoms with Gasteiger partial charge >= 0.3 is 7.12 Å². The van der Waals surface area contributed by atoms with Crippen molar-refractivity contribution in [3.63, 3.8) is 0 Å². The van der Waals surface area contributed by atoms with Gasteiger partial charge in [-0.05, 0) is 98.6 Å². The van der Waals surface area contributed by atoms with Gasteiger partial charge in [0, 0.05) is 31.0 Å². The molecular weight excluding hydrogens is 517 g/mol. The van der Waals surface area contributed by atoms with Gasteiger partial charge in [-0.25, -0.2) is 0 Å². The zero-order chi connectivity index (χ0) is 28.6. The number of ether oxygens (including phenoxy) is 2. The summed E-state index contributed by atoms with van der Waals surface area (Å²) in [6, 6.07) is 11.1. The maximum absolute atomic E-state index is 14.1. The number of amides is 1. The molecule has 3 aliphatic rings. The van der Waals surface area contributed by atoms with Gasteiger partial charge in [0.15, 0.2) is 17.3 Å². The molecule has 0 radical (unpaired) electrons. The maximum Gasteiger partial charge on any atom is 0.460 e. The highest BCUT2D eigenvalue weighted by Gasteiger charge is 2.36. The Bertz CT molecular complexity index is 1190. The lowest BCUT2D eigenvalue weighted by molar-refractivity contribution is -0.121. The lowest BCUT2D eigenvalue weighted by atomic mass is 9.64. The summed E-state index contributed by atoms with van der Waals surface area (Å²) in [5.74, 6) is 1.50. The monoisotopic (exact) mass is 561 g/mol. The average molecular weight is 562 g/mol. The minimum atomic E-state index is -0.687. The molecule has 5 rings (SSSR count). The molecule has 220 valence electrons. The van der Waals surface area contributed by atoms with Crippen molar-refractivity contribution in [1.82, 2.24) is 5.32 Å². The lowest BCUT2D eigenvalue weighted by Gasteiger charge is -2.28. The molecule has 1 fully saturated rings. The molecule has 1 saturated heterocycles. The summed E-state index contributed by atoms with van der Waals surface area (Å²) in [5, 5.41) is 3.15. The van der Waals surface area contributed by atoms with E-state index in [9.17, 15) is 9.59 Å². The van der Waals surface area contributed by atoms with Gasteiger partial charge in [0.25, 0.3) is 5.91 Å². The van der Waals surface area contributed by atoms with Gasteiger partial charge in [-0.2, -0.15) is 0 Å². The van der Waals surface area contributed by atoms with Gasteiger partial charge in [0.2, 0.25) is 0 Å².